The highest BCUT2D eigenvalue weighted by atomic mass is 16.5. The molecule has 0 saturated carbocycles. The minimum atomic E-state index is -0.688. The summed E-state index contributed by atoms with van der Waals surface area (Å²) in [5, 5.41) is 15.7. The van der Waals surface area contributed by atoms with E-state index >= 15 is 0 Å². The summed E-state index contributed by atoms with van der Waals surface area (Å²) in [5.74, 6) is 0.685. The van der Waals surface area contributed by atoms with E-state index in [1.54, 1.807) is 0 Å². The fourth-order valence-corrected chi connectivity index (χ4v) is 3.77. The third-order valence-corrected chi connectivity index (χ3v) is 5.20. The topological polar surface area (TPSA) is 58.6 Å². The van der Waals surface area contributed by atoms with Crippen LogP contribution in [0.4, 0.5) is 5.69 Å². The smallest absolute Gasteiger partial charge is 0.279 e. The first kappa shape index (κ1) is 21.8. The van der Waals surface area contributed by atoms with Crippen LogP contribution >= 0.6 is 0 Å². The number of amides is 1. The maximum Gasteiger partial charge on any atom is 0.279 e. The van der Waals surface area contributed by atoms with Crippen molar-refractivity contribution in [3.8, 4) is 5.75 Å². The molecule has 2 N–H and O–H groups in total. The van der Waals surface area contributed by atoms with Crippen LogP contribution in [-0.4, -0.2) is 55.4 Å². The van der Waals surface area contributed by atoms with Crippen molar-refractivity contribution in [2.45, 2.75) is 20.0 Å². The maximum atomic E-state index is 12.6. The highest BCUT2D eigenvalue weighted by Gasteiger charge is 2.25. The highest BCUT2D eigenvalue weighted by Crippen LogP contribution is 2.25. The average Bonchev–Trinajstić information content (AvgIpc) is 2.68. The monoisotopic (exact) mass is 407 g/mol. The molecule has 1 amide bonds. The van der Waals surface area contributed by atoms with E-state index < -0.39 is 6.10 Å². The van der Waals surface area contributed by atoms with Crippen LogP contribution in [-0.2, 0) is 4.79 Å². The average molecular weight is 408 g/mol. The normalized spacial score (nSPS) is 12.6. The van der Waals surface area contributed by atoms with Crippen molar-refractivity contribution in [2.75, 3.05) is 39.1 Å². The van der Waals surface area contributed by atoms with Crippen molar-refractivity contribution in [3.05, 3.63) is 71.8 Å². The zero-order chi connectivity index (χ0) is 21.7. The molecule has 0 bridgehead atoms. The number of aryl methyl sites for hydroxylation is 2. The van der Waals surface area contributed by atoms with Gasteiger partial charge in [0.2, 0.25) is 0 Å². The van der Waals surface area contributed by atoms with Gasteiger partial charge in [0, 0.05) is 11.1 Å². The Bertz CT molecular complexity index is 1000. The number of aliphatic hydroxyl groups excluding tert-OH is 1. The number of fused-ring (bicyclic) bond motifs is 1. The first-order valence-corrected chi connectivity index (χ1v) is 10.2. The second kappa shape index (κ2) is 9.28. The molecule has 0 saturated heterocycles. The lowest BCUT2D eigenvalue weighted by Gasteiger charge is -2.31. The van der Waals surface area contributed by atoms with Crippen LogP contribution in [0.15, 0.2) is 60.7 Å². The minimum Gasteiger partial charge on any atom is -0.490 e. The summed E-state index contributed by atoms with van der Waals surface area (Å²) < 4.78 is 6.26. The summed E-state index contributed by atoms with van der Waals surface area (Å²) in [5.41, 5.74) is 2.94. The Morgan fingerprint density at radius 1 is 1.00 bits per heavy atom. The van der Waals surface area contributed by atoms with Crippen LogP contribution in [0.3, 0.4) is 0 Å². The molecule has 5 heteroatoms. The molecule has 0 spiro atoms. The highest BCUT2D eigenvalue weighted by molar-refractivity contribution is 5.93. The van der Waals surface area contributed by atoms with Gasteiger partial charge in [0.25, 0.3) is 5.91 Å². The Morgan fingerprint density at radius 3 is 2.37 bits per heavy atom. The number of para-hydroxylation sites is 1. The molecule has 0 fully saturated rings. The van der Waals surface area contributed by atoms with Crippen molar-refractivity contribution >= 4 is 22.4 Å². The van der Waals surface area contributed by atoms with Crippen molar-refractivity contribution in [3.63, 3.8) is 0 Å². The lowest BCUT2D eigenvalue weighted by atomic mass is 10.1. The van der Waals surface area contributed by atoms with Crippen molar-refractivity contribution < 1.29 is 19.1 Å². The number of nitrogens with one attached hydrogen (secondary N) is 1. The fourth-order valence-electron chi connectivity index (χ4n) is 3.77. The molecule has 3 aromatic carbocycles. The number of anilines is 1. The van der Waals surface area contributed by atoms with Crippen LogP contribution in [0.1, 0.15) is 11.1 Å². The van der Waals surface area contributed by atoms with Crippen LogP contribution < -0.4 is 10.1 Å². The molecule has 0 aliphatic heterocycles. The number of hydrogen-bond acceptors (Lipinski definition) is 3. The van der Waals surface area contributed by atoms with E-state index in [9.17, 15) is 9.90 Å². The summed E-state index contributed by atoms with van der Waals surface area (Å²) in [7, 11) is 3.87. The molecule has 0 heterocycles. The lowest BCUT2D eigenvalue weighted by Crippen LogP contribution is -2.50. The minimum absolute atomic E-state index is 0.0698. The molecule has 0 aromatic heterocycles. The van der Waals surface area contributed by atoms with Gasteiger partial charge in [0.1, 0.15) is 25.0 Å². The van der Waals surface area contributed by atoms with Gasteiger partial charge in [-0.3, -0.25) is 4.79 Å². The summed E-state index contributed by atoms with van der Waals surface area (Å²) in [6, 6.07) is 19.8. The SMILES string of the molecule is Cc1cccc(C)c1NC(=O)C[N+](C)(C)C[C@@H](O)COc1cccc2ccccc12. The Balaban J connectivity index is 1.56. The predicted octanol–water partition coefficient (Wildman–Crippen LogP) is 3.91. The Labute approximate surface area is 178 Å². The molecular weight excluding hydrogens is 376 g/mol. The quantitative estimate of drug-likeness (QED) is 0.557. The van der Waals surface area contributed by atoms with E-state index in [0.717, 1.165) is 33.3 Å². The van der Waals surface area contributed by atoms with Gasteiger partial charge in [-0.2, -0.15) is 0 Å². The largest absolute Gasteiger partial charge is 0.490 e. The van der Waals surface area contributed by atoms with Crippen molar-refractivity contribution in [1.82, 2.24) is 0 Å². The van der Waals surface area contributed by atoms with Crippen LogP contribution in [0.5, 0.6) is 5.75 Å². The summed E-state index contributed by atoms with van der Waals surface area (Å²) >= 11 is 0. The molecule has 5 nitrogen and oxygen atoms in total. The summed E-state index contributed by atoms with van der Waals surface area (Å²) in [6.45, 7) is 4.81. The molecular formula is C25H31N2O3+. The molecule has 0 unspecified atom stereocenters. The van der Waals surface area contributed by atoms with Gasteiger partial charge in [-0.05, 0) is 36.4 Å². The van der Waals surface area contributed by atoms with Crippen molar-refractivity contribution in [2.24, 2.45) is 0 Å². The van der Waals surface area contributed by atoms with Gasteiger partial charge >= 0.3 is 0 Å². The summed E-state index contributed by atoms with van der Waals surface area (Å²) in [6.07, 6.45) is -0.688. The second-order valence-electron chi connectivity index (χ2n) is 8.53. The number of rotatable bonds is 8. The van der Waals surface area contributed by atoms with Gasteiger partial charge in [0.15, 0.2) is 6.54 Å². The van der Waals surface area contributed by atoms with Gasteiger partial charge in [-0.1, -0.05) is 54.6 Å². The van der Waals surface area contributed by atoms with E-state index in [0.29, 0.717) is 11.0 Å². The molecule has 30 heavy (non-hydrogen) atoms. The number of likely N-dealkylation sites (N-methyl/N-ethyl adjacent to an activating group) is 1. The summed E-state index contributed by atoms with van der Waals surface area (Å²) in [4.78, 5) is 12.6. The number of ether oxygens (including phenoxy) is 1. The van der Waals surface area contributed by atoms with E-state index in [1.165, 1.54) is 0 Å². The van der Waals surface area contributed by atoms with Crippen LogP contribution in [0.2, 0.25) is 0 Å². The first-order valence-electron chi connectivity index (χ1n) is 10.2. The number of nitrogens with zero attached hydrogens (tertiary/aromatic N) is 1. The first-order chi connectivity index (χ1) is 14.2. The zero-order valence-corrected chi connectivity index (χ0v) is 18.2. The van der Waals surface area contributed by atoms with E-state index in [2.05, 4.69) is 5.32 Å². The molecule has 3 rings (SSSR count). The number of carbonyl (C=O) groups excluding carboxylic acids is 1. The van der Waals surface area contributed by atoms with Gasteiger partial charge < -0.3 is 19.6 Å². The molecule has 1 atom stereocenters. The van der Waals surface area contributed by atoms with Crippen molar-refractivity contribution in [1.29, 1.82) is 0 Å². The van der Waals surface area contributed by atoms with E-state index in [4.69, 9.17) is 4.74 Å². The van der Waals surface area contributed by atoms with Gasteiger partial charge in [-0.15, -0.1) is 0 Å². The Kier molecular flexibility index (Phi) is 6.75. The standard InChI is InChI=1S/C25H30N2O3/c1-18-9-7-10-19(2)25(18)26-24(29)16-27(3,4)15-21(28)17-30-23-14-8-12-20-11-5-6-13-22(20)23/h5-14,21,28H,15-17H2,1-4H3/p+1/t21-/m1/s1. The van der Waals surface area contributed by atoms with Crippen LogP contribution in [0, 0.1) is 13.8 Å². The fraction of sp³-hybridized carbons (Fsp3) is 0.320. The molecule has 0 aliphatic rings. The van der Waals surface area contributed by atoms with Gasteiger partial charge in [-0.25, -0.2) is 0 Å². The van der Waals surface area contributed by atoms with E-state index in [-0.39, 0.29) is 19.1 Å². The van der Waals surface area contributed by atoms with E-state index in [1.807, 2.05) is 88.6 Å². The second-order valence-corrected chi connectivity index (χ2v) is 8.53. The number of aliphatic hydroxyl groups is 1. The third-order valence-electron chi connectivity index (χ3n) is 5.20. The third kappa shape index (κ3) is 5.59. The molecule has 0 radical (unpaired) electrons. The maximum absolute atomic E-state index is 12.6. The van der Waals surface area contributed by atoms with Gasteiger partial charge in [0.05, 0.1) is 14.1 Å². The zero-order valence-electron chi connectivity index (χ0n) is 18.2. The number of hydrogen-bond donors (Lipinski definition) is 2. The number of benzene rings is 3. The lowest BCUT2D eigenvalue weighted by molar-refractivity contribution is -0.885. The predicted molar refractivity (Wildman–Crippen MR) is 122 cm³/mol. The number of carbonyl (C=O) groups is 1. The Morgan fingerprint density at radius 2 is 1.63 bits per heavy atom. The molecule has 0 aliphatic carbocycles. The number of quaternary nitrogens is 1. The molecule has 158 valence electrons. The Hall–Kier alpha value is -2.89. The van der Waals surface area contributed by atoms with Crippen LogP contribution in [0.25, 0.3) is 10.8 Å². The molecule has 3 aromatic rings.